The van der Waals surface area contributed by atoms with Gasteiger partial charge in [-0.05, 0) is 36.8 Å². The predicted octanol–water partition coefficient (Wildman–Crippen LogP) is 2.18. The van der Waals surface area contributed by atoms with Crippen LogP contribution < -0.4 is 19.5 Å². The molecule has 28 heavy (non-hydrogen) atoms. The van der Waals surface area contributed by atoms with E-state index in [-0.39, 0.29) is 11.5 Å². The molecule has 0 unspecified atom stereocenters. The second-order valence-corrected chi connectivity index (χ2v) is 7.74. The van der Waals surface area contributed by atoms with E-state index in [1.165, 1.54) is 19.2 Å². The lowest BCUT2D eigenvalue weighted by Crippen LogP contribution is -2.29. The summed E-state index contributed by atoms with van der Waals surface area (Å²) < 4.78 is 38.0. The molecule has 0 atom stereocenters. The van der Waals surface area contributed by atoms with Crippen LogP contribution in [0, 0.1) is 0 Å². The zero-order chi connectivity index (χ0) is 20.0. The third-order valence-electron chi connectivity index (χ3n) is 3.98. The largest absolute Gasteiger partial charge is 0.493 e. The molecule has 0 bridgehead atoms. The number of hydrogen-bond acceptors (Lipinski definition) is 6. The zero-order valence-electron chi connectivity index (χ0n) is 15.3. The molecule has 2 aromatic rings. The lowest BCUT2D eigenvalue weighted by atomic mass is 10.3. The minimum atomic E-state index is -3.75. The number of anilines is 1. The number of sulfonamides is 1. The van der Waals surface area contributed by atoms with Gasteiger partial charge in [0.25, 0.3) is 15.9 Å². The Hall–Kier alpha value is -3.07. The van der Waals surface area contributed by atoms with Crippen LogP contribution in [0.3, 0.4) is 0 Å². The number of benzene rings is 2. The number of rotatable bonds is 7. The quantitative estimate of drug-likeness (QED) is 0.737. The van der Waals surface area contributed by atoms with Gasteiger partial charge < -0.3 is 14.8 Å². The summed E-state index contributed by atoms with van der Waals surface area (Å²) in [5, 5.41) is 2.63. The number of para-hydroxylation sites is 2. The van der Waals surface area contributed by atoms with Gasteiger partial charge in [-0.3, -0.25) is 14.5 Å². The Morgan fingerprint density at radius 3 is 2.64 bits per heavy atom. The van der Waals surface area contributed by atoms with E-state index < -0.39 is 15.9 Å². The summed E-state index contributed by atoms with van der Waals surface area (Å²) in [7, 11) is -2.23. The second kappa shape index (κ2) is 8.75. The van der Waals surface area contributed by atoms with Crippen LogP contribution in [0.1, 0.15) is 12.8 Å². The molecular weight excluding hydrogens is 382 g/mol. The summed E-state index contributed by atoms with van der Waals surface area (Å²) >= 11 is 0. The standard InChI is InChI=1S/C19H21N3O5S/c1-26-16-8-2-3-9-17(16)27-13-19(23)21-14-6-4-7-15(12-14)28(24,25)22-18-10-5-11-20-18/h2-4,6-9,12H,5,10-11,13H2,1H3,(H,20,22)(H,21,23). The van der Waals surface area contributed by atoms with Crippen LogP contribution in [0.4, 0.5) is 5.69 Å². The number of ether oxygens (including phenoxy) is 2. The van der Waals surface area contributed by atoms with Crippen molar-refractivity contribution in [2.24, 2.45) is 4.99 Å². The minimum absolute atomic E-state index is 0.0468. The molecule has 1 aliphatic rings. The first-order chi connectivity index (χ1) is 13.5. The van der Waals surface area contributed by atoms with Crippen molar-refractivity contribution in [3.63, 3.8) is 0 Å². The molecule has 1 aliphatic heterocycles. The lowest BCUT2D eigenvalue weighted by molar-refractivity contribution is -0.118. The summed E-state index contributed by atoms with van der Waals surface area (Å²) in [6, 6.07) is 13.0. The number of carbonyl (C=O) groups excluding carboxylic acids is 1. The number of aliphatic imine (C=N–C) groups is 1. The maximum Gasteiger partial charge on any atom is 0.262 e. The van der Waals surface area contributed by atoms with Crippen LogP contribution in [-0.2, 0) is 14.8 Å². The Balaban J connectivity index is 1.63. The number of hydrogen-bond donors (Lipinski definition) is 2. The fourth-order valence-corrected chi connectivity index (χ4v) is 3.79. The molecule has 1 amide bonds. The van der Waals surface area contributed by atoms with Crippen molar-refractivity contribution in [2.45, 2.75) is 17.7 Å². The number of carbonyl (C=O) groups is 1. The highest BCUT2D eigenvalue weighted by Gasteiger charge is 2.19. The molecule has 0 radical (unpaired) electrons. The van der Waals surface area contributed by atoms with Gasteiger partial charge in [-0.15, -0.1) is 0 Å². The van der Waals surface area contributed by atoms with Crippen LogP contribution in [0.15, 0.2) is 58.4 Å². The number of amidine groups is 1. The normalized spacial score (nSPS) is 13.5. The predicted molar refractivity (Wildman–Crippen MR) is 105 cm³/mol. The number of nitrogens with zero attached hydrogens (tertiary/aromatic N) is 1. The third-order valence-corrected chi connectivity index (χ3v) is 5.36. The van der Waals surface area contributed by atoms with E-state index in [4.69, 9.17) is 9.47 Å². The molecule has 148 valence electrons. The van der Waals surface area contributed by atoms with E-state index in [2.05, 4.69) is 15.0 Å². The highest BCUT2D eigenvalue weighted by Crippen LogP contribution is 2.25. The highest BCUT2D eigenvalue weighted by molar-refractivity contribution is 7.90. The van der Waals surface area contributed by atoms with Crippen LogP contribution in [0.25, 0.3) is 0 Å². The third kappa shape index (κ3) is 5.01. The first-order valence-corrected chi connectivity index (χ1v) is 10.2. The van der Waals surface area contributed by atoms with Crippen molar-refractivity contribution in [3.8, 4) is 11.5 Å². The lowest BCUT2D eigenvalue weighted by Gasteiger charge is -2.12. The Kier molecular flexibility index (Phi) is 6.15. The minimum Gasteiger partial charge on any atom is -0.493 e. The molecule has 8 nitrogen and oxygen atoms in total. The first kappa shape index (κ1) is 19.7. The van der Waals surface area contributed by atoms with E-state index in [1.807, 2.05) is 0 Å². The second-order valence-electron chi connectivity index (χ2n) is 6.05. The van der Waals surface area contributed by atoms with Crippen molar-refractivity contribution in [2.75, 3.05) is 25.6 Å². The molecule has 2 N–H and O–H groups in total. The van der Waals surface area contributed by atoms with Crippen molar-refractivity contribution in [1.29, 1.82) is 0 Å². The average Bonchev–Trinajstić information content (AvgIpc) is 3.19. The topological polar surface area (TPSA) is 106 Å². The Bertz CT molecular complexity index is 989. The van der Waals surface area contributed by atoms with Crippen molar-refractivity contribution in [3.05, 3.63) is 48.5 Å². The molecular formula is C19H21N3O5S. The van der Waals surface area contributed by atoms with Gasteiger partial charge in [-0.1, -0.05) is 18.2 Å². The average molecular weight is 403 g/mol. The molecule has 0 saturated heterocycles. The van der Waals surface area contributed by atoms with E-state index in [0.717, 1.165) is 6.42 Å². The summed E-state index contributed by atoms with van der Waals surface area (Å²) in [4.78, 5) is 16.3. The maximum absolute atomic E-state index is 12.5. The Labute approximate surface area is 163 Å². The molecule has 1 heterocycles. The van der Waals surface area contributed by atoms with Crippen molar-refractivity contribution in [1.82, 2.24) is 4.72 Å². The molecule has 0 aliphatic carbocycles. The fourth-order valence-electron chi connectivity index (χ4n) is 2.66. The summed E-state index contributed by atoms with van der Waals surface area (Å²) in [5.41, 5.74) is 0.352. The molecule has 2 aromatic carbocycles. The molecule has 0 spiro atoms. The van der Waals surface area contributed by atoms with Gasteiger partial charge in [-0.2, -0.15) is 0 Å². The highest BCUT2D eigenvalue weighted by atomic mass is 32.2. The molecule has 3 rings (SSSR count). The van der Waals surface area contributed by atoms with E-state index in [9.17, 15) is 13.2 Å². The fraction of sp³-hybridized carbons (Fsp3) is 0.263. The smallest absolute Gasteiger partial charge is 0.262 e. The van der Waals surface area contributed by atoms with Gasteiger partial charge in [0.1, 0.15) is 5.84 Å². The molecule has 0 saturated carbocycles. The SMILES string of the molecule is COc1ccccc1OCC(=O)Nc1cccc(S(=O)(=O)NC2=NCCC2)c1. The number of methoxy groups -OCH3 is 1. The van der Waals surface area contributed by atoms with Gasteiger partial charge in [-0.25, -0.2) is 8.42 Å². The van der Waals surface area contributed by atoms with Crippen molar-refractivity contribution < 1.29 is 22.7 Å². The Morgan fingerprint density at radius 2 is 1.93 bits per heavy atom. The summed E-state index contributed by atoms with van der Waals surface area (Å²) in [5.74, 6) is 0.996. The zero-order valence-corrected chi connectivity index (χ0v) is 16.2. The number of nitrogens with one attached hydrogen (secondary N) is 2. The number of amides is 1. The van der Waals surface area contributed by atoms with Gasteiger partial charge in [0.05, 0.1) is 12.0 Å². The Morgan fingerprint density at radius 1 is 1.14 bits per heavy atom. The molecule has 9 heteroatoms. The van der Waals surface area contributed by atoms with E-state index >= 15 is 0 Å². The van der Waals surface area contributed by atoms with Crippen molar-refractivity contribution >= 4 is 27.5 Å². The summed E-state index contributed by atoms with van der Waals surface area (Å²) in [6.07, 6.45) is 1.44. The van der Waals surface area contributed by atoms with Gasteiger partial charge in [0.2, 0.25) is 0 Å². The first-order valence-electron chi connectivity index (χ1n) is 8.70. The van der Waals surface area contributed by atoms with Crippen LogP contribution in [-0.4, -0.2) is 40.4 Å². The van der Waals surface area contributed by atoms with Crippen LogP contribution >= 0.6 is 0 Å². The van der Waals surface area contributed by atoms with Crippen LogP contribution in [0.2, 0.25) is 0 Å². The van der Waals surface area contributed by atoms with Gasteiger partial charge in [0.15, 0.2) is 18.1 Å². The molecule has 0 fully saturated rings. The van der Waals surface area contributed by atoms with Crippen LogP contribution in [0.5, 0.6) is 11.5 Å². The monoisotopic (exact) mass is 403 g/mol. The van der Waals surface area contributed by atoms with E-state index in [1.54, 1.807) is 36.4 Å². The van der Waals surface area contributed by atoms with E-state index in [0.29, 0.717) is 36.0 Å². The summed E-state index contributed by atoms with van der Waals surface area (Å²) in [6.45, 7) is 0.382. The molecule has 0 aromatic heterocycles. The van der Waals surface area contributed by atoms with Gasteiger partial charge in [0, 0.05) is 18.7 Å². The van der Waals surface area contributed by atoms with Gasteiger partial charge >= 0.3 is 0 Å². The maximum atomic E-state index is 12.5.